The fourth-order valence-corrected chi connectivity index (χ4v) is 3.97. The molecule has 2 aromatic carbocycles. The minimum Gasteiger partial charge on any atom is -0.415 e. The smallest absolute Gasteiger partial charge is 0.415 e. The number of halogens is 2. The third-order valence-electron chi connectivity index (χ3n) is 6.52. The van der Waals surface area contributed by atoms with Crippen LogP contribution in [0.4, 0.5) is 14.5 Å². The Kier molecular flexibility index (Phi) is 4.91. The number of carbonyl (C=O) groups is 1. The van der Waals surface area contributed by atoms with E-state index >= 15 is 0 Å². The summed E-state index contributed by atoms with van der Waals surface area (Å²) in [5.74, 6) is -1.03. The molecule has 0 radical (unpaired) electrons. The Morgan fingerprint density at radius 1 is 1.03 bits per heavy atom. The molecule has 10 heteroatoms. The molecule has 1 amide bonds. The lowest BCUT2D eigenvalue weighted by atomic mass is 9.77. The predicted octanol–water partition coefficient (Wildman–Crippen LogP) is 4.13. The molecule has 0 bridgehead atoms. The number of carbonyl (C=O) groups excluding carboxylic acids is 1. The summed E-state index contributed by atoms with van der Waals surface area (Å²) in [5, 5.41) is 7.03. The average molecular weight is 453 g/mol. The molecule has 1 aromatic heterocycles. The highest BCUT2D eigenvalue weighted by atomic mass is 19.3. The zero-order chi connectivity index (χ0) is 23.5. The number of amides is 1. The molecule has 170 valence electrons. The van der Waals surface area contributed by atoms with Gasteiger partial charge in [0.1, 0.15) is 0 Å². The van der Waals surface area contributed by atoms with Crippen LogP contribution in [0.1, 0.15) is 55.9 Å². The van der Waals surface area contributed by atoms with Gasteiger partial charge in [0.05, 0.1) is 17.7 Å². The van der Waals surface area contributed by atoms with Gasteiger partial charge in [-0.25, -0.2) is 0 Å². The van der Waals surface area contributed by atoms with Gasteiger partial charge in [-0.15, -0.1) is 10.2 Å². The number of para-hydroxylation sites is 1. The van der Waals surface area contributed by atoms with Crippen LogP contribution in [0.25, 0.3) is 11.5 Å². The minimum absolute atomic E-state index is 0.0584. The average Bonchev–Trinajstić information content (AvgIpc) is 3.43. The van der Waals surface area contributed by atoms with E-state index in [1.54, 1.807) is 23.1 Å². The van der Waals surface area contributed by atoms with Gasteiger partial charge in [0.15, 0.2) is 0 Å². The molecule has 33 heavy (non-hydrogen) atoms. The number of aromatic nitrogens is 2. The van der Waals surface area contributed by atoms with E-state index in [4.69, 9.17) is 13.7 Å². The molecule has 3 aromatic rings. The summed E-state index contributed by atoms with van der Waals surface area (Å²) in [6.07, 6.45) is -2.86. The summed E-state index contributed by atoms with van der Waals surface area (Å²) in [5.41, 5.74) is 2.08. The van der Waals surface area contributed by atoms with Gasteiger partial charge in [0, 0.05) is 22.3 Å². The van der Waals surface area contributed by atoms with Crippen LogP contribution in [0.3, 0.4) is 0 Å². The van der Waals surface area contributed by atoms with Crippen molar-refractivity contribution < 1.29 is 27.3 Å². The summed E-state index contributed by atoms with van der Waals surface area (Å²) in [4.78, 5) is 15.0. The molecule has 2 aliphatic heterocycles. The van der Waals surface area contributed by atoms with Crippen LogP contribution in [0, 0.1) is 0 Å². The lowest BCUT2D eigenvalue weighted by Gasteiger charge is -2.32. The number of hydrogen-bond acceptors (Lipinski definition) is 6. The van der Waals surface area contributed by atoms with Crippen LogP contribution in [0.2, 0.25) is 0 Å². The molecule has 1 saturated heterocycles. The van der Waals surface area contributed by atoms with Crippen molar-refractivity contribution in [1.82, 2.24) is 10.2 Å². The topological polar surface area (TPSA) is 77.7 Å². The molecule has 0 aliphatic carbocycles. The maximum atomic E-state index is 13.4. The fourth-order valence-electron chi connectivity index (χ4n) is 3.97. The van der Waals surface area contributed by atoms with Crippen LogP contribution in [-0.2, 0) is 15.9 Å². The minimum atomic E-state index is -2.86. The van der Waals surface area contributed by atoms with Crippen LogP contribution in [0.5, 0.6) is 0 Å². The highest BCUT2D eigenvalue weighted by molar-refractivity contribution is 6.64. The second-order valence-corrected chi connectivity index (χ2v) is 9.16. The van der Waals surface area contributed by atoms with Gasteiger partial charge in [0.25, 0.3) is 11.8 Å². The van der Waals surface area contributed by atoms with Crippen molar-refractivity contribution in [1.29, 1.82) is 0 Å². The Balaban J connectivity index is 1.46. The number of rotatable bonds is 4. The van der Waals surface area contributed by atoms with Crippen molar-refractivity contribution in [2.75, 3.05) is 4.90 Å². The van der Waals surface area contributed by atoms with E-state index in [2.05, 4.69) is 10.2 Å². The summed E-state index contributed by atoms with van der Waals surface area (Å²) < 4.78 is 43.1. The second-order valence-electron chi connectivity index (χ2n) is 9.16. The number of benzene rings is 2. The van der Waals surface area contributed by atoms with Crippen LogP contribution >= 0.6 is 0 Å². The molecule has 0 N–H and O–H groups in total. The molecule has 0 spiro atoms. The lowest BCUT2D eigenvalue weighted by molar-refractivity contribution is 0.00578. The van der Waals surface area contributed by atoms with E-state index < -0.39 is 30.6 Å². The standard InChI is InChI=1S/C23H22BF2N3O4/c1-22(2)23(3,4)33-24(32-22)16-7-5-6-8-17(16)29-12-14-10-9-13(11-15(14)21(29)30)19-27-28-20(31-19)18(25)26/h5-11,18H,12H2,1-4H3. The predicted molar refractivity (Wildman–Crippen MR) is 117 cm³/mol. The zero-order valence-electron chi connectivity index (χ0n) is 18.6. The monoisotopic (exact) mass is 453 g/mol. The first kappa shape index (κ1) is 21.7. The molecule has 0 saturated carbocycles. The summed E-state index contributed by atoms with van der Waals surface area (Å²) >= 11 is 0. The molecule has 0 unspecified atom stereocenters. The maximum Gasteiger partial charge on any atom is 0.496 e. The van der Waals surface area contributed by atoms with Gasteiger partial charge in [0.2, 0.25) is 5.89 Å². The zero-order valence-corrected chi connectivity index (χ0v) is 18.6. The van der Waals surface area contributed by atoms with E-state index in [9.17, 15) is 13.6 Å². The Labute approximate surface area is 189 Å². The van der Waals surface area contributed by atoms with Crippen molar-refractivity contribution >= 4 is 24.2 Å². The first-order chi connectivity index (χ1) is 15.6. The van der Waals surface area contributed by atoms with Gasteiger partial charge in [-0.2, -0.15) is 8.78 Å². The van der Waals surface area contributed by atoms with E-state index in [0.717, 1.165) is 11.0 Å². The van der Waals surface area contributed by atoms with Crippen LogP contribution in [-0.4, -0.2) is 34.4 Å². The second kappa shape index (κ2) is 7.46. The van der Waals surface area contributed by atoms with Crippen LogP contribution < -0.4 is 10.4 Å². The summed E-state index contributed by atoms with van der Waals surface area (Å²) in [6.45, 7) is 8.27. The van der Waals surface area contributed by atoms with Crippen molar-refractivity contribution in [3.63, 3.8) is 0 Å². The molecule has 7 nitrogen and oxygen atoms in total. The van der Waals surface area contributed by atoms with Crippen molar-refractivity contribution in [3.05, 3.63) is 59.5 Å². The fraction of sp³-hybridized carbons (Fsp3) is 0.348. The van der Waals surface area contributed by atoms with E-state index in [1.807, 2.05) is 52.0 Å². The van der Waals surface area contributed by atoms with Crippen molar-refractivity contribution in [2.45, 2.75) is 51.9 Å². The molecule has 1 fully saturated rings. The highest BCUT2D eigenvalue weighted by Gasteiger charge is 2.52. The Morgan fingerprint density at radius 3 is 2.39 bits per heavy atom. The van der Waals surface area contributed by atoms with Crippen molar-refractivity contribution in [2.24, 2.45) is 0 Å². The molecule has 0 atom stereocenters. The number of hydrogen-bond donors (Lipinski definition) is 0. The molecular weight excluding hydrogens is 431 g/mol. The van der Waals surface area contributed by atoms with E-state index in [-0.39, 0.29) is 11.8 Å². The summed E-state index contributed by atoms with van der Waals surface area (Å²) in [7, 11) is -0.621. The van der Waals surface area contributed by atoms with Gasteiger partial charge in [-0.3, -0.25) is 4.79 Å². The van der Waals surface area contributed by atoms with Gasteiger partial charge < -0.3 is 18.6 Å². The first-order valence-corrected chi connectivity index (χ1v) is 10.6. The van der Waals surface area contributed by atoms with Crippen LogP contribution in [0.15, 0.2) is 46.9 Å². The first-order valence-electron chi connectivity index (χ1n) is 10.6. The number of fused-ring (bicyclic) bond motifs is 1. The van der Waals surface area contributed by atoms with E-state index in [0.29, 0.717) is 23.4 Å². The van der Waals surface area contributed by atoms with Crippen molar-refractivity contribution in [3.8, 4) is 11.5 Å². The Morgan fingerprint density at radius 2 is 1.73 bits per heavy atom. The molecular formula is C23H22BF2N3O4. The normalized spacial score (nSPS) is 18.9. The van der Waals surface area contributed by atoms with E-state index in [1.165, 1.54) is 0 Å². The number of anilines is 1. The van der Waals surface area contributed by atoms with Gasteiger partial charge >= 0.3 is 13.5 Å². The highest BCUT2D eigenvalue weighted by Crippen LogP contribution is 2.38. The quantitative estimate of drug-likeness (QED) is 0.553. The molecule has 3 heterocycles. The van der Waals surface area contributed by atoms with Gasteiger partial charge in [-0.1, -0.05) is 24.3 Å². The lowest BCUT2D eigenvalue weighted by Crippen LogP contribution is -2.41. The molecule has 5 rings (SSSR count). The molecule has 2 aliphatic rings. The number of alkyl halides is 2. The Hall–Kier alpha value is -3.11. The SMILES string of the molecule is CC1(C)OB(c2ccccc2N2Cc3ccc(-c4nnc(C(F)F)o4)cc3C2=O)OC1(C)C. The van der Waals surface area contributed by atoms with Gasteiger partial charge in [-0.05, 0) is 51.5 Å². The Bertz CT molecular complexity index is 1230. The largest absolute Gasteiger partial charge is 0.496 e. The third kappa shape index (κ3) is 3.53. The summed E-state index contributed by atoms with van der Waals surface area (Å²) in [6, 6.07) is 12.5. The number of nitrogens with zero attached hydrogens (tertiary/aromatic N) is 3. The maximum absolute atomic E-state index is 13.4. The third-order valence-corrected chi connectivity index (χ3v) is 6.52.